The van der Waals surface area contributed by atoms with Gasteiger partial charge in [0.05, 0.1) is 6.10 Å². The molecule has 2 atom stereocenters. The third-order valence-corrected chi connectivity index (χ3v) is 5.15. The first kappa shape index (κ1) is 17.2. The molecule has 0 amide bonds. The maximum Gasteiger partial charge on any atom is 0.341 e. The summed E-state index contributed by atoms with van der Waals surface area (Å²) < 4.78 is 5.43. The second-order valence-corrected chi connectivity index (χ2v) is 6.96. The van der Waals surface area contributed by atoms with Crippen LogP contribution in [-0.4, -0.2) is 40.4 Å². The number of carbonyl (C=O) groups is 1. The van der Waals surface area contributed by atoms with E-state index in [2.05, 4.69) is 6.07 Å². The molecule has 1 aromatic rings. The molecule has 0 saturated heterocycles. The highest BCUT2D eigenvalue weighted by Crippen LogP contribution is 2.38. The van der Waals surface area contributed by atoms with Crippen molar-refractivity contribution >= 4 is 17.7 Å². The molecule has 1 aromatic carbocycles. The normalized spacial score (nSPS) is 18.5. The van der Waals surface area contributed by atoms with Crippen molar-refractivity contribution in [3.8, 4) is 5.75 Å². The van der Waals surface area contributed by atoms with E-state index in [9.17, 15) is 9.90 Å². The van der Waals surface area contributed by atoms with Gasteiger partial charge in [0, 0.05) is 5.75 Å². The van der Waals surface area contributed by atoms with Crippen molar-refractivity contribution in [2.45, 2.75) is 44.6 Å². The van der Waals surface area contributed by atoms with Gasteiger partial charge in [0.15, 0.2) is 6.61 Å². The van der Waals surface area contributed by atoms with E-state index in [1.807, 2.05) is 19.1 Å². The number of thioether (sulfide) groups is 1. The minimum absolute atomic E-state index is 0.250. The predicted molar refractivity (Wildman–Crippen MR) is 88.9 cm³/mol. The fourth-order valence-corrected chi connectivity index (χ4v) is 3.93. The molecule has 5 heteroatoms. The smallest absolute Gasteiger partial charge is 0.341 e. The maximum absolute atomic E-state index is 10.7. The first-order valence-corrected chi connectivity index (χ1v) is 8.95. The van der Waals surface area contributed by atoms with Crippen LogP contribution in [0.5, 0.6) is 5.75 Å². The molecule has 0 aliphatic heterocycles. The van der Waals surface area contributed by atoms with E-state index in [4.69, 9.17) is 9.84 Å². The number of hydrogen-bond donors (Lipinski definition) is 2. The fraction of sp³-hybridized carbons (Fsp3) is 0.588. The Hall–Kier alpha value is -1.20. The molecule has 1 aliphatic rings. The molecule has 4 nitrogen and oxygen atoms in total. The molecular formula is C17H24O4S. The lowest BCUT2D eigenvalue weighted by molar-refractivity contribution is -0.139. The number of hydrogen-bond acceptors (Lipinski definition) is 4. The highest BCUT2D eigenvalue weighted by atomic mass is 32.2. The van der Waals surface area contributed by atoms with Crippen LogP contribution in [0.25, 0.3) is 0 Å². The Morgan fingerprint density at radius 1 is 1.50 bits per heavy atom. The summed E-state index contributed by atoms with van der Waals surface area (Å²) in [6.45, 7) is 1.53. The molecule has 2 rings (SSSR count). The molecule has 22 heavy (non-hydrogen) atoms. The number of fused-ring (bicyclic) bond motifs is 1. The monoisotopic (exact) mass is 324 g/mol. The number of benzene rings is 1. The fourth-order valence-electron chi connectivity index (χ4n) is 2.97. The van der Waals surface area contributed by atoms with Crippen molar-refractivity contribution in [3.05, 3.63) is 29.3 Å². The van der Waals surface area contributed by atoms with E-state index in [-0.39, 0.29) is 12.7 Å². The highest BCUT2D eigenvalue weighted by molar-refractivity contribution is 7.99. The van der Waals surface area contributed by atoms with Crippen LogP contribution in [0.1, 0.15) is 43.2 Å². The molecule has 0 heterocycles. The number of carboxylic acid groups (broad SMARTS) is 1. The van der Waals surface area contributed by atoms with Crippen LogP contribution in [0.15, 0.2) is 18.2 Å². The Kier molecular flexibility index (Phi) is 6.58. The van der Waals surface area contributed by atoms with Gasteiger partial charge in [-0.15, -0.1) is 0 Å². The lowest BCUT2D eigenvalue weighted by Crippen LogP contribution is -2.15. The number of aliphatic hydroxyl groups is 1. The molecule has 0 aromatic heterocycles. The van der Waals surface area contributed by atoms with Crippen LogP contribution in [0.4, 0.5) is 0 Å². The van der Waals surface area contributed by atoms with Gasteiger partial charge in [-0.25, -0.2) is 4.79 Å². The van der Waals surface area contributed by atoms with Crippen LogP contribution >= 0.6 is 11.8 Å². The molecule has 122 valence electrons. The number of rotatable bonds is 8. The van der Waals surface area contributed by atoms with Crippen LogP contribution in [0.3, 0.4) is 0 Å². The summed E-state index contributed by atoms with van der Waals surface area (Å²) in [5, 5.41) is 18.1. The van der Waals surface area contributed by atoms with Crippen LogP contribution in [0, 0.1) is 0 Å². The largest absolute Gasteiger partial charge is 0.482 e. The van der Waals surface area contributed by atoms with Crippen molar-refractivity contribution < 1.29 is 19.7 Å². The third kappa shape index (κ3) is 4.92. The first-order valence-electron chi connectivity index (χ1n) is 7.80. The number of carboxylic acids is 1. The van der Waals surface area contributed by atoms with Crippen molar-refractivity contribution in [1.82, 2.24) is 0 Å². The lowest BCUT2D eigenvalue weighted by atomic mass is 9.81. The number of ether oxygens (including phenoxy) is 1. The predicted octanol–water partition coefficient (Wildman–Crippen LogP) is 3.07. The van der Waals surface area contributed by atoms with E-state index in [1.165, 1.54) is 17.5 Å². The van der Waals surface area contributed by atoms with Crippen LogP contribution in [0.2, 0.25) is 0 Å². The van der Waals surface area contributed by atoms with Gasteiger partial charge in [-0.2, -0.15) is 11.8 Å². The molecule has 1 aliphatic carbocycles. The molecule has 0 bridgehead atoms. The van der Waals surface area contributed by atoms with Crippen LogP contribution < -0.4 is 4.74 Å². The summed E-state index contributed by atoms with van der Waals surface area (Å²) in [6, 6.07) is 5.97. The van der Waals surface area contributed by atoms with E-state index in [0.717, 1.165) is 36.5 Å². The zero-order valence-corrected chi connectivity index (χ0v) is 13.8. The maximum atomic E-state index is 10.7. The Bertz CT molecular complexity index is 501. The van der Waals surface area contributed by atoms with Crippen molar-refractivity contribution in [1.29, 1.82) is 0 Å². The second kappa shape index (κ2) is 8.44. The van der Waals surface area contributed by atoms with Crippen molar-refractivity contribution in [3.63, 3.8) is 0 Å². The van der Waals surface area contributed by atoms with E-state index >= 15 is 0 Å². The van der Waals surface area contributed by atoms with Gasteiger partial charge in [0.25, 0.3) is 0 Å². The Morgan fingerprint density at radius 3 is 3.05 bits per heavy atom. The lowest BCUT2D eigenvalue weighted by Gasteiger charge is -2.27. The molecule has 2 N–H and O–H groups in total. The van der Waals surface area contributed by atoms with Gasteiger partial charge in [-0.05, 0) is 61.5 Å². The average molecular weight is 324 g/mol. The molecule has 2 unspecified atom stereocenters. The van der Waals surface area contributed by atoms with E-state index < -0.39 is 5.97 Å². The topological polar surface area (TPSA) is 66.8 Å². The zero-order chi connectivity index (χ0) is 15.9. The summed E-state index contributed by atoms with van der Waals surface area (Å²) in [7, 11) is 0. The molecular weight excluding hydrogens is 300 g/mol. The molecule has 0 saturated carbocycles. The summed E-state index contributed by atoms with van der Waals surface area (Å²) in [5.41, 5.74) is 2.49. The number of aliphatic carboxylic acids is 1. The van der Waals surface area contributed by atoms with Gasteiger partial charge in [-0.1, -0.05) is 12.1 Å². The van der Waals surface area contributed by atoms with Crippen LogP contribution in [-0.2, 0) is 11.2 Å². The second-order valence-electron chi connectivity index (χ2n) is 5.81. The summed E-state index contributed by atoms with van der Waals surface area (Å²) in [5.74, 6) is 2.11. The van der Waals surface area contributed by atoms with E-state index in [0.29, 0.717) is 5.92 Å². The van der Waals surface area contributed by atoms with Gasteiger partial charge < -0.3 is 14.9 Å². The third-order valence-electron chi connectivity index (χ3n) is 3.91. The van der Waals surface area contributed by atoms with Gasteiger partial charge in [-0.3, -0.25) is 0 Å². The summed E-state index contributed by atoms with van der Waals surface area (Å²) >= 11 is 1.79. The summed E-state index contributed by atoms with van der Waals surface area (Å²) in [6.07, 6.45) is 4.09. The SMILES string of the molecule is CC(O)CSCCC1CCCc2c(OCC(=O)O)cccc21. The zero-order valence-electron chi connectivity index (χ0n) is 13.0. The van der Waals surface area contributed by atoms with Gasteiger partial charge >= 0.3 is 5.97 Å². The average Bonchev–Trinajstić information content (AvgIpc) is 2.49. The Labute approximate surface area is 135 Å². The molecule has 0 fully saturated rings. The minimum Gasteiger partial charge on any atom is -0.482 e. The molecule has 0 radical (unpaired) electrons. The Morgan fingerprint density at radius 2 is 2.32 bits per heavy atom. The van der Waals surface area contributed by atoms with Gasteiger partial charge in [0.2, 0.25) is 0 Å². The van der Waals surface area contributed by atoms with Crippen molar-refractivity contribution in [2.75, 3.05) is 18.1 Å². The number of aliphatic hydroxyl groups excluding tert-OH is 1. The highest BCUT2D eigenvalue weighted by Gasteiger charge is 2.22. The Balaban J connectivity index is 2.00. The van der Waals surface area contributed by atoms with Gasteiger partial charge in [0.1, 0.15) is 5.75 Å². The first-order chi connectivity index (χ1) is 10.6. The van der Waals surface area contributed by atoms with E-state index in [1.54, 1.807) is 11.8 Å². The quantitative estimate of drug-likeness (QED) is 0.719. The summed E-state index contributed by atoms with van der Waals surface area (Å²) in [4.78, 5) is 10.7. The molecule has 0 spiro atoms. The standard InChI is InChI=1S/C17H24O4S/c1-12(18)11-22-9-8-13-4-2-6-15-14(13)5-3-7-16(15)21-10-17(19)20/h3,5,7,12-13,18H,2,4,6,8-11H2,1H3,(H,19,20). The van der Waals surface area contributed by atoms with Crippen molar-refractivity contribution in [2.24, 2.45) is 0 Å². The minimum atomic E-state index is -0.945.